The number of carbonyl (C=O) groups is 1. The molecule has 0 amide bonds. The molecule has 6 N–H and O–H groups in total. The third-order valence-corrected chi connectivity index (χ3v) is 1.51. The Bertz CT molecular complexity index is 179. The second-order valence-corrected chi connectivity index (χ2v) is 2.51. The Labute approximate surface area is 146 Å². The number of hydrogen-bond acceptors (Lipinski definition) is 6. The van der Waals surface area contributed by atoms with Gasteiger partial charge in [0.2, 0.25) is 0 Å². The summed E-state index contributed by atoms with van der Waals surface area (Å²) in [6.45, 7) is -0.843. The molecule has 0 aliphatic carbocycles. The second-order valence-electron chi connectivity index (χ2n) is 2.51. The van der Waals surface area contributed by atoms with Crippen LogP contribution in [0.2, 0.25) is 0 Å². The van der Waals surface area contributed by atoms with Gasteiger partial charge in [0, 0.05) is 0 Å². The first kappa shape index (κ1) is 22.0. The summed E-state index contributed by atoms with van der Waals surface area (Å²) in [4.78, 5) is 10.1. The molecule has 0 heterocycles. The number of carboxylic acid groups (broad SMARTS) is 1. The van der Waals surface area contributed by atoms with E-state index in [1.54, 1.807) is 0 Å². The van der Waals surface area contributed by atoms with E-state index in [2.05, 4.69) is 0 Å². The molecule has 0 fully saturated rings. The monoisotopic (exact) mass is 280 g/mol. The fourth-order valence-corrected chi connectivity index (χ4v) is 0.668. The van der Waals surface area contributed by atoms with Gasteiger partial charge in [-0.3, -0.25) is 0 Å². The van der Waals surface area contributed by atoms with Crippen LogP contribution >= 0.6 is 0 Å². The number of rotatable bonds is 5. The number of aliphatic carboxylic acids is 1. The molecule has 0 saturated heterocycles. The van der Waals surface area contributed by atoms with Crippen LogP contribution in [0.1, 0.15) is 0 Å². The van der Waals surface area contributed by atoms with Crippen LogP contribution in [0, 0.1) is 0 Å². The van der Waals surface area contributed by atoms with E-state index in [1.807, 2.05) is 0 Å². The van der Waals surface area contributed by atoms with Gasteiger partial charge in [0.05, 0.1) is 6.61 Å². The zero-order chi connectivity index (χ0) is 10.6. The average Bonchev–Trinajstić information content (AvgIpc) is 2.12. The van der Waals surface area contributed by atoms with E-state index in [1.165, 1.54) is 0 Å². The third-order valence-electron chi connectivity index (χ3n) is 1.51. The van der Waals surface area contributed by atoms with Gasteiger partial charge in [0.25, 0.3) is 0 Å². The summed E-state index contributed by atoms with van der Waals surface area (Å²) in [6.07, 6.45) is -7.84. The predicted octanol–water partition coefficient (Wildman–Crippen LogP) is -5.33. The van der Waals surface area contributed by atoms with E-state index in [0.717, 1.165) is 0 Å². The zero-order valence-electron chi connectivity index (χ0n) is 6.61. The Morgan fingerprint density at radius 2 is 1.40 bits per heavy atom. The van der Waals surface area contributed by atoms with Gasteiger partial charge in [0.1, 0.15) is 18.3 Å². The Kier molecular flexibility index (Phi) is 16.0. The third kappa shape index (κ3) is 7.67. The van der Waals surface area contributed by atoms with Gasteiger partial charge in [-0.25, -0.2) is 4.79 Å². The molecule has 0 bridgehead atoms. The van der Waals surface area contributed by atoms with Crippen LogP contribution in [0.15, 0.2) is 0 Å². The summed E-state index contributed by atoms with van der Waals surface area (Å²) >= 11 is 0. The molecule has 0 aromatic rings. The number of carboxylic acids is 1. The molecule has 0 spiro atoms. The van der Waals surface area contributed by atoms with Gasteiger partial charge in [0.15, 0.2) is 6.10 Å². The summed E-state index contributed by atoms with van der Waals surface area (Å²) in [7, 11) is 0. The van der Waals surface area contributed by atoms with Crippen molar-refractivity contribution in [2.45, 2.75) is 24.4 Å². The molecule has 0 aromatic heterocycles. The maximum atomic E-state index is 10.1. The number of aliphatic hydroxyl groups is 5. The molecule has 15 heavy (non-hydrogen) atoms. The molecule has 0 aromatic carbocycles. The van der Waals surface area contributed by atoms with Crippen LogP contribution in [0.3, 0.4) is 0 Å². The molecule has 0 rings (SSSR count). The van der Waals surface area contributed by atoms with Crippen molar-refractivity contribution >= 4 is 81.4 Å². The van der Waals surface area contributed by atoms with Gasteiger partial charge < -0.3 is 30.6 Å². The molecule has 4 atom stereocenters. The van der Waals surface area contributed by atoms with E-state index in [9.17, 15) is 4.79 Å². The van der Waals surface area contributed by atoms with E-state index in [0.29, 0.717) is 0 Å². The van der Waals surface area contributed by atoms with E-state index in [-0.39, 0.29) is 75.5 Å². The van der Waals surface area contributed by atoms with Crippen molar-refractivity contribution in [1.29, 1.82) is 0 Å². The second kappa shape index (κ2) is 10.9. The van der Waals surface area contributed by atoms with Crippen molar-refractivity contribution < 1.29 is 35.4 Å². The molecule has 0 unspecified atom stereocenters. The molecule has 7 nitrogen and oxygen atoms in total. The minimum atomic E-state index is -2.20. The predicted molar refractivity (Wildman–Crippen MR) is 55.8 cm³/mol. The van der Waals surface area contributed by atoms with E-state index < -0.39 is 37.0 Å². The van der Waals surface area contributed by atoms with Crippen molar-refractivity contribution in [2.75, 3.05) is 6.61 Å². The fraction of sp³-hybridized carbons (Fsp3) is 0.833. The van der Waals surface area contributed by atoms with E-state index >= 15 is 0 Å². The van der Waals surface area contributed by atoms with Gasteiger partial charge in [-0.15, -0.1) is 0 Å². The Morgan fingerprint density at radius 1 is 1.00 bits per heavy atom. The molecular weight excluding hydrogens is 264 g/mol. The topological polar surface area (TPSA) is 138 Å². The standard InChI is InChI=1S/C6H12O7.2Ca.4H/c7-1-2(8)3(9)4(10)5(11)6(12)13;;;;;;/h2-5,7-11H,1H2,(H,12,13);;;;;;/t2-,3-,4+,5-;;;;;;/m1....../s1. The van der Waals surface area contributed by atoms with Crippen molar-refractivity contribution in [3.63, 3.8) is 0 Å². The van der Waals surface area contributed by atoms with Crippen molar-refractivity contribution in [2.24, 2.45) is 0 Å². The molecular formula is C6H16Ca2O7. The molecule has 0 saturated carbocycles. The molecule has 0 aliphatic rings. The summed E-state index contributed by atoms with van der Waals surface area (Å²) in [5, 5.41) is 51.8. The molecule has 9 heteroatoms. The van der Waals surface area contributed by atoms with Gasteiger partial charge >= 0.3 is 81.4 Å². The SMILES string of the molecule is O=C(O)[C@H](O)[C@@H](O)[C@H](O)[C@H](O)CO.[CaH2].[CaH2]. The van der Waals surface area contributed by atoms with Gasteiger partial charge in [-0.1, -0.05) is 0 Å². The molecule has 86 valence electrons. The van der Waals surface area contributed by atoms with Gasteiger partial charge in [-0.05, 0) is 0 Å². The molecule has 0 radical (unpaired) electrons. The summed E-state index contributed by atoms with van der Waals surface area (Å²) in [5.74, 6) is -1.73. The first-order valence-electron chi connectivity index (χ1n) is 3.47. The van der Waals surface area contributed by atoms with Crippen molar-refractivity contribution in [3.8, 4) is 0 Å². The fourth-order valence-electron chi connectivity index (χ4n) is 0.668. The summed E-state index contributed by atoms with van der Waals surface area (Å²) < 4.78 is 0. The van der Waals surface area contributed by atoms with Crippen LogP contribution in [0.4, 0.5) is 0 Å². The summed E-state index contributed by atoms with van der Waals surface area (Å²) in [5.41, 5.74) is 0. The Morgan fingerprint density at radius 3 is 1.67 bits per heavy atom. The molecule has 0 aliphatic heterocycles. The van der Waals surface area contributed by atoms with Crippen LogP contribution in [0.25, 0.3) is 0 Å². The van der Waals surface area contributed by atoms with E-state index in [4.69, 9.17) is 30.6 Å². The average molecular weight is 280 g/mol. The first-order chi connectivity index (χ1) is 5.91. The normalized spacial score (nSPS) is 17.7. The minimum absolute atomic E-state index is 0. The maximum absolute atomic E-state index is 10.1. The Hall–Kier alpha value is 1.79. The summed E-state index contributed by atoms with van der Waals surface area (Å²) in [6, 6.07) is 0. The quantitative estimate of drug-likeness (QED) is 0.276. The van der Waals surface area contributed by atoms with Crippen LogP contribution in [-0.4, -0.2) is 143 Å². The van der Waals surface area contributed by atoms with Crippen LogP contribution < -0.4 is 0 Å². The number of aliphatic hydroxyl groups excluding tert-OH is 5. The van der Waals surface area contributed by atoms with Crippen molar-refractivity contribution in [1.82, 2.24) is 0 Å². The van der Waals surface area contributed by atoms with Crippen LogP contribution in [0.5, 0.6) is 0 Å². The van der Waals surface area contributed by atoms with Gasteiger partial charge in [-0.2, -0.15) is 0 Å². The van der Waals surface area contributed by atoms with Crippen LogP contribution in [-0.2, 0) is 4.79 Å². The first-order valence-corrected chi connectivity index (χ1v) is 3.47. The number of hydrogen-bond donors (Lipinski definition) is 6. The Balaban J connectivity index is -0.000000720. The van der Waals surface area contributed by atoms with Crippen molar-refractivity contribution in [3.05, 3.63) is 0 Å². The zero-order valence-corrected chi connectivity index (χ0v) is 6.61.